The van der Waals surface area contributed by atoms with E-state index in [4.69, 9.17) is 19.4 Å². The predicted octanol–water partition coefficient (Wildman–Crippen LogP) is 11.2. The molecule has 4 nitrogen and oxygen atoms in total. The van der Waals surface area contributed by atoms with Crippen molar-refractivity contribution in [3.05, 3.63) is 175 Å². The molecule has 0 atom stereocenters. The Balaban J connectivity index is 1.18. The monoisotopic (exact) mass is 615 g/mol. The molecule has 226 valence electrons. The maximum Gasteiger partial charge on any atom is 0.163 e. The number of aromatic nitrogens is 3. The molecule has 0 saturated heterocycles. The number of benzene rings is 7. The van der Waals surface area contributed by atoms with Crippen LogP contribution < -0.4 is 0 Å². The molecule has 0 aliphatic carbocycles. The Hall–Kier alpha value is -6.39. The smallest absolute Gasteiger partial charge is 0.163 e. The van der Waals surface area contributed by atoms with Gasteiger partial charge in [-0.1, -0.05) is 146 Å². The molecule has 0 aliphatic heterocycles. The first-order valence-electron chi connectivity index (χ1n) is 16.2. The molecule has 0 unspecified atom stereocenters. The minimum Gasteiger partial charge on any atom is -0.456 e. The molecule has 0 bridgehead atoms. The molecule has 9 aromatic rings. The highest BCUT2D eigenvalue weighted by Gasteiger charge is 2.17. The van der Waals surface area contributed by atoms with Crippen molar-refractivity contribution in [1.82, 2.24) is 15.0 Å². The van der Waals surface area contributed by atoms with E-state index in [0.29, 0.717) is 23.9 Å². The Morgan fingerprint density at radius 3 is 1.58 bits per heavy atom. The minimum absolute atomic E-state index is 0.535. The molecule has 0 aliphatic rings. The zero-order chi connectivity index (χ0) is 31.9. The SMILES string of the molecule is c1ccc(-c2nc(Cc3cccc4oc5ccc(-c6ccc(-c7ccccc7)c7ccccc67)cc5c34)nc(-c3ccccc3)n2)cc1. The molecule has 4 heteroatoms. The molecule has 48 heavy (non-hydrogen) atoms. The zero-order valence-electron chi connectivity index (χ0n) is 26.0. The normalized spacial score (nSPS) is 11.4. The molecular weight excluding hydrogens is 587 g/mol. The van der Waals surface area contributed by atoms with Gasteiger partial charge in [-0.15, -0.1) is 0 Å². The van der Waals surface area contributed by atoms with Gasteiger partial charge in [0.05, 0.1) is 0 Å². The topological polar surface area (TPSA) is 51.8 Å². The van der Waals surface area contributed by atoms with E-state index >= 15 is 0 Å². The fourth-order valence-corrected chi connectivity index (χ4v) is 6.74. The van der Waals surface area contributed by atoms with Gasteiger partial charge < -0.3 is 4.42 Å². The fourth-order valence-electron chi connectivity index (χ4n) is 6.74. The second-order valence-electron chi connectivity index (χ2n) is 12.0. The van der Waals surface area contributed by atoms with Crippen LogP contribution in [0.5, 0.6) is 0 Å². The number of nitrogens with zero attached hydrogens (tertiary/aromatic N) is 3. The summed E-state index contributed by atoms with van der Waals surface area (Å²) in [6.07, 6.45) is 0.535. The average molecular weight is 616 g/mol. The van der Waals surface area contributed by atoms with Gasteiger partial charge in [-0.3, -0.25) is 0 Å². The first kappa shape index (κ1) is 27.9. The first-order chi connectivity index (χ1) is 23.8. The molecule has 9 rings (SSSR count). The molecule has 0 N–H and O–H groups in total. The highest BCUT2D eigenvalue weighted by Crippen LogP contribution is 2.39. The van der Waals surface area contributed by atoms with Crippen LogP contribution in [-0.4, -0.2) is 15.0 Å². The second kappa shape index (κ2) is 11.8. The van der Waals surface area contributed by atoms with Crippen LogP contribution in [0.1, 0.15) is 11.4 Å². The van der Waals surface area contributed by atoms with Crippen molar-refractivity contribution in [3.63, 3.8) is 0 Å². The Bertz CT molecular complexity index is 2520. The summed E-state index contributed by atoms with van der Waals surface area (Å²) in [4.78, 5) is 14.8. The lowest BCUT2D eigenvalue weighted by Crippen LogP contribution is -2.04. The third-order valence-corrected chi connectivity index (χ3v) is 9.00. The summed E-state index contributed by atoms with van der Waals surface area (Å²) in [6, 6.07) is 56.7. The quantitative estimate of drug-likeness (QED) is 0.187. The van der Waals surface area contributed by atoms with Crippen LogP contribution in [0.25, 0.3) is 77.7 Å². The van der Waals surface area contributed by atoms with Crippen molar-refractivity contribution < 1.29 is 4.42 Å². The molecule has 0 saturated carbocycles. The maximum absolute atomic E-state index is 6.42. The number of hydrogen-bond acceptors (Lipinski definition) is 4. The minimum atomic E-state index is 0.535. The van der Waals surface area contributed by atoms with Crippen molar-refractivity contribution in [2.75, 3.05) is 0 Å². The van der Waals surface area contributed by atoms with E-state index in [0.717, 1.165) is 44.2 Å². The Kier molecular flexibility index (Phi) is 6.83. The number of fused-ring (bicyclic) bond motifs is 4. The third kappa shape index (κ3) is 5.01. The van der Waals surface area contributed by atoms with Gasteiger partial charge in [0.2, 0.25) is 0 Å². The van der Waals surface area contributed by atoms with Gasteiger partial charge in [0.1, 0.15) is 17.0 Å². The van der Waals surface area contributed by atoms with Gasteiger partial charge in [0.15, 0.2) is 11.6 Å². The number of hydrogen-bond donors (Lipinski definition) is 0. The van der Waals surface area contributed by atoms with E-state index in [1.54, 1.807) is 0 Å². The summed E-state index contributed by atoms with van der Waals surface area (Å²) < 4.78 is 6.42. The lowest BCUT2D eigenvalue weighted by atomic mass is 9.91. The number of furan rings is 1. The molecular formula is C44H29N3O. The first-order valence-corrected chi connectivity index (χ1v) is 16.2. The summed E-state index contributed by atoms with van der Waals surface area (Å²) >= 11 is 0. The third-order valence-electron chi connectivity index (χ3n) is 9.00. The second-order valence-corrected chi connectivity index (χ2v) is 12.0. The lowest BCUT2D eigenvalue weighted by Gasteiger charge is -2.12. The molecule has 0 amide bonds. The van der Waals surface area contributed by atoms with Gasteiger partial charge in [0, 0.05) is 28.3 Å². The Morgan fingerprint density at radius 1 is 0.396 bits per heavy atom. The van der Waals surface area contributed by atoms with Gasteiger partial charge in [0.25, 0.3) is 0 Å². The van der Waals surface area contributed by atoms with Crippen LogP contribution in [0.15, 0.2) is 168 Å². The van der Waals surface area contributed by atoms with Crippen LogP contribution in [0.3, 0.4) is 0 Å². The van der Waals surface area contributed by atoms with E-state index in [2.05, 4.69) is 91.0 Å². The molecule has 0 fully saturated rings. The standard InChI is InChI=1S/C44H29N3O/c1-4-13-29(14-5-1)34-24-25-35(37-21-11-10-20-36(34)37)32-23-26-39-38(27-32)42-33(19-12-22-40(42)48-39)28-41-45-43(30-15-6-2-7-16-30)47-44(46-41)31-17-8-3-9-18-31/h1-27H,28H2. The van der Waals surface area contributed by atoms with Gasteiger partial charge in [-0.2, -0.15) is 0 Å². The van der Waals surface area contributed by atoms with Crippen molar-refractivity contribution in [2.45, 2.75) is 6.42 Å². The summed E-state index contributed by atoms with van der Waals surface area (Å²) in [5, 5.41) is 4.62. The van der Waals surface area contributed by atoms with Crippen LogP contribution in [0, 0.1) is 0 Å². The van der Waals surface area contributed by atoms with E-state index in [1.165, 1.54) is 27.5 Å². The highest BCUT2D eigenvalue weighted by atomic mass is 16.3. The highest BCUT2D eigenvalue weighted by molar-refractivity contribution is 6.10. The molecule has 2 heterocycles. The summed E-state index contributed by atoms with van der Waals surface area (Å²) in [5.74, 6) is 2.04. The lowest BCUT2D eigenvalue weighted by molar-refractivity contribution is 0.668. The van der Waals surface area contributed by atoms with Crippen LogP contribution in [0.4, 0.5) is 0 Å². The summed E-state index contributed by atoms with van der Waals surface area (Å²) in [5.41, 5.74) is 9.52. The Labute approximate surface area is 278 Å². The molecule has 2 aromatic heterocycles. The zero-order valence-corrected chi connectivity index (χ0v) is 26.0. The Morgan fingerprint density at radius 2 is 0.958 bits per heavy atom. The predicted molar refractivity (Wildman–Crippen MR) is 196 cm³/mol. The van der Waals surface area contributed by atoms with Gasteiger partial charge >= 0.3 is 0 Å². The van der Waals surface area contributed by atoms with Crippen LogP contribution in [0.2, 0.25) is 0 Å². The maximum atomic E-state index is 6.42. The van der Waals surface area contributed by atoms with Crippen molar-refractivity contribution in [1.29, 1.82) is 0 Å². The van der Waals surface area contributed by atoms with E-state index in [9.17, 15) is 0 Å². The van der Waals surface area contributed by atoms with Gasteiger partial charge in [-0.05, 0) is 56.8 Å². The van der Waals surface area contributed by atoms with Crippen molar-refractivity contribution >= 4 is 32.7 Å². The van der Waals surface area contributed by atoms with Crippen LogP contribution >= 0.6 is 0 Å². The summed E-state index contributed by atoms with van der Waals surface area (Å²) in [6.45, 7) is 0. The van der Waals surface area contributed by atoms with E-state index in [1.807, 2.05) is 72.8 Å². The molecule has 0 radical (unpaired) electrons. The van der Waals surface area contributed by atoms with Crippen LogP contribution in [-0.2, 0) is 6.42 Å². The fraction of sp³-hybridized carbons (Fsp3) is 0.0227. The van der Waals surface area contributed by atoms with E-state index < -0.39 is 0 Å². The van der Waals surface area contributed by atoms with Crippen molar-refractivity contribution in [3.8, 4) is 45.0 Å². The average Bonchev–Trinajstić information content (AvgIpc) is 3.54. The van der Waals surface area contributed by atoms with Gasteiger partial charge in [-0.25, -0.2) is 15.0 Å². The largest absolute Gasteiger partial charge is 0.456 e. The molecule has 0 spiro atoms. The number of rotatable bonds is 6. The summed E-state index contributed by atoms with van der Waals surface area (Å²) in [7, 11) is 0. The molecule has 7 aromatic carbocycles. The van der Waals surface area contributed by atoms with E-state index in [-0.39, 0.29) is 0 Å². The van der Waals surface area contributed by atoms with Crippen molar-refractivity contribution in [2.24, 2.45) is 0 Å².